The monoisotopic (exact) mass is 419 g/mol. The second-order valence-electron chi connectivity index (χ2n) is 9.13. The number of anilines is 1. The quantitative estimate of drug-likeness (QED) is 0.539. The molecule has 0 N–H and O–H groups in total. The first kappa shape index (κ1) is 20.1. The van der Waals surface area contributed by atoms with E-state index in [9.17, 15) is 9.59 Å². The first-order valence-corrected chi connectivity index (χ1v) is 11.2. The molecule has 2 aromatic carbocycles. The van der Waals surface area contributed by atoms with Gasteiger partial charge in [0.1, 0.15) is 0 Å². The molecule has 2 aromatic rings. The smallest absolute Gasteiger partial charge is 0.325 e. The number of hydrogen-bond donors (Lipinski definition) is 0. The molecular weight excluding hydrogens is 390 g/mol. The molecule has 1 spiro atoms. The summed E-state index contributed by atoms with van der Waals surface area (Å²) in [6, 6.07) is 18.2. The van der Waals surface area contributed by atoms with Gasteiger partial charge in [0.05, 0.1) is 26.3 Å². The van der Waals surface area contributed by atoms with E-state index >= 15 is 0 Å². The molecule has 5 heteroatoms. The van der Waals surface area contributed by atoms with E-state index in [2.05, 4.69) is 41.3 Å². The summed E-state index contributed by atoms with van der Waals surface area (Å²) in [6.45, 7) is 0. The summed E-state index contributed by atoms with van der Waals surface area (Å²) >= 11 is 0. The molecule has 0 amide bonds. The lowest BCUT2D eigenvalue weighted by atomic mass is 9.59. The highest BCUT2D eigenvalue weighted by Crippen LogP contribution is 2.65. The van der Waals surface area contributed by atoms with Gasteiger partial charge in [-0.15, -0.1) is 0 Å². The van der Waals surface area contributed by atoms with Crippen molar-refractivity contribution in [1.82, 2.24) is 0 Å². The summed E-state index contributed by atoms with van der Waals surface area (Å²) in [6.07, 6.45) is 5.64. The number of para-hydroxylation sites is 1. The Balaban J connectivity index is 1.79. The van der Waals surface area contributed by atoms with Gasteiger partial charge in [-0.25, -0.2) is 0 Å². The maximum Gasteiger partial charge on any atom is 0.325 e. The molecule has 0 bridgehead atoms. The summed E-state index contributed by atoms with van der Waals surface area (Å²) in [5, 5.41) is 0. The number of methoxy groups -OCH3 is 2. The summed E-state index contributed by atoms with van der Waals surface area (Å²) in [5.74, 6) is -0.962. The maximum atomic E-state index is 13.5. The van der Waals surface area contributed by atoms with E-state index in [4.69, 9.17) is 9.47 Å². The fraction of sp³-hybridized carbons (Fsp3) is 0.462. The fourth-order valence-electron chi connectivity index (χ4n) is 6.76. The van der Waals surface area contributed by atoms with Crippen LogP contribution in [0.5, 0.6) is 0 Å². The lowest BCUT2D eigenvalue weighted by Gasteiger charge is -2.45. The largest absolute Gasteiger partial charge is 0.468 e. The molecule has 1 saturated heterocycles. The molecule has 0 unspecified atom stereocenters. The first-order valence-electron chi connectivity index (χ1n) is 11.2. The first-order chi connectivity index (χ1) is 15.1. The van der Waals surface area contributed by atoms with E-state index in [0.717, 1.165) is 36.9 Å². The lowest BCUT2D eigenvalue weighted by Crippen LogP contribution is -2.58. The topological polar surface area (TPSA) is 55.8 Å². The molecule has 0 aromatic heterocycles. The Bertz CT molecular complexity index is 979. The maximum absolute atomic E-state index is 13.5. The molecule has 2 heterocycles. The van der Waals surface area contributed by atoms with Crippen LogP contribution in [0.15, 0.2) is 54.6 Å². The minimum absolute atomic E-state index is 0.105. The van der Waals surface area contributed by atoms with Crippen molar-refractivity contribution >= 4 is 17.6 Å². The molecule has 1 aliphatic carbocycles. The van der Waals surface area contributed by atoms with E-state index < -0.39 is 17.4 Å². The van der Waals surface area contributed by atoms with Crippen molar-refractivity contribution in [2.24, 2.45) is 5.41 Å². The van der Waals surface area contributed by atoms with Gasteiger partial charge in [-0.2, -0.15) is 0 Å². The highest BCUT2D eigenvalue weighted by atomic mass is 16.5. The average molecular weight is 420 g/mol. The Labute approximate surface area is 183 Å². The molecule has 5 rings (SSSR count). The third-order valence-corrected chi connectivity index (χ3v) is 7.87. The third kappa shape index (κ3) is 2.61. The molecular formula is C26H29NO4. The number of benzene rings is 2. The number of rotatable bonds is 3. The average Bonchev–Trinajstić information content (AvgIpc) is 3.33. The van der Waals surface area contributed by atoms with E-state index in [-0.39, 0.29) is 17.5 Å². The van der Waals surface area contributed by atoms with Gasteiger partial charge in [0.15, 0.2) is 5.41 Å². The van der Waals surface area contributed by atoms with Gasteiger partial charge >= 0.3 is 11.9 Å². The summed E-state index contributed by atoms with van der Waals surface area (Å²) in [5.41, 5.74) is 1.88. The van der Waals surface area contributed by atoms with Crippen molar-refractivity contribution in [3.8, 4) is 0 Å². The molecule has 5 nitrogen and oxygen atoms in total. The van der Waals surface area contributed by atoms with Crippen LogP contribution >= 0.6 is 0 Å². The number of hydrogen-bond acceptors (Lipinski definition) is 5. The Morgan fingerprint density at radius 1 is 0.871 bits per heavy atom. The Hall–Kier alpha value is -2.82. The molecule has 31 heavy (non-hydrogen) atoms. The van der Waals surface area contributed by atoms with Crippen LogP contribution in [0.2, 0.25) is 0 Å². The van der Waals surface area contributed by atoms with E-state index in [1.165, 1.54) is 26.2 Å². The Morgan fingerprint density at radius 2 is 1.48 bits per heavy atom. The highest BCUT2D eigenvalue weighted by Gasteiger charge is 2.72. The van der Waals surface area contributed by atoms with E-state index in [1.54, 1.807) is 0 Å². The standard InChI is InChI=1S/C26H29NO4/c1-30-23(28)26(24(29)31-2)17-21(18-11-5-3-6-12-18)27-20-14-8-7-13-19(20)25(22(26)27)15-9-4-10-16-25/h3,5-8,11-14,21-22H,4,9-10,15-17H2,1-2H3/t21-,22+/m0/s1. The van der Waals surface area contributed by atoms with Crippen LogP contribution in [0.3, 0.4) is 0 Å². The minimum atomic E-state index is -1.36. The number of carbonyl (C=O) groups excluding carboxylic acids is 2. The van der Waals surface area contributed by atoms with Crippen LogP contribution in [0.25, 0.3) is 0 Å². The van der Waals surface area contributed by atoms with Crippen molar-refractivity contribution in [2.75, 3.05) is 19.1 Å². The third-order valence-electron chi connectivity index (χ3n) is 7.87. The van der Waals surface area contributed by atoms with Gasteiger partial charge in [-0.3, -0.25) is 9.59 Å². The number of esters is 2. The zero-order valence-corrected chi connectivity index (χ0v) is 18.2. The van der Waals surface area contributed by atoms with E-state index in [0.29, 0.717) is 6.42 Å². The number of nitrogens with zero attached hydrogens (tertiary/aromatic N) is 1. The van der Waals surface area contributed by atoms with Crippen LogP contribution in [0.4, 0.5) is 5.69 Å². The van der Waals surface area contributed by atoms with Crippen LogP contribution < -0.4 is 4.90 Å². The lowest BCUT2D eigenvalue weighted by molar-refractivity contribution is -0.171. The van der Waals surface area contributed by atoms with Crippen molar-refractivity contribution < 1.29 is 19.1 Å². The molecule has 2 atom stereocenters. The van der Waals surface area contributed by atoms with Gasteiger partial charge in [-0.1, -0.05) is 67.8 Å². The van der Waals surface area contributed by atoms with Crippen LogP contribution in [0.1, 0.15) is 55.7 Å². The molecule has 162 valence electrons. The SMILES string of the molecule is COC(=O)C1(C(=O)OC)C[C@@H](c2ccccc2)N2c3ccccc3C3(CCCCC3)[C@@H]21. The second-order valence-corrected chi connectivity index (χ2v) is 9.13. The van der Waals surface area contributed by atoms with Crippen molar-refractivity contribution in [2.45, 2.75) is 56.0 Å². The van der Waals surface area contributed by atoms with E-state index in [1.807, 2.05) is 18.2 Å². The van der Waals surface area contributed by atoms with Crippen LogP contribution in [-0.4, -0.2) is 32.2 Å². The van der Waals surface area contributed by atoms with Crippen molar-refractivity contribution in [3.05, 3.63) is 65.7 Å². The number of fused-ring (bicyclic) bond motifs is 5. The second kappa shape index (κ2) is 7.40. The summed E-state index contributed by atoms with van der Waals surface area (Å²) in [7, 11) is 2.76. The van der Waals surface area contributed by atoms with Gasteiger partial charge < -0.3 is 14.4 Å². The molecule has 0 radical (unpaired) electrons. The van der Waals surface area contributed by atoms with Crippen LogP contribution in [-0.2, 0) is 24.5 Å². The predicted molar refractivity (Wildman–Crippen MR) is 118 cm³/mol. The Kier molecular flexibility index (Phi) is 4.80. The molecule has 3 aliphatic rings. The van der Waals surface area contributed by atoms with Crippen LogP contribution in [0, 0.1) is 5.41 Å². The van der Waals surface area contributed by atoms with Gasteiger partial charge in [0, 0.05) is 17.5 Å². The molecule has 2 aliphatic heterocycles. The summed E-state index contributed by atoms with van der Waals surface area (Å²) < 4.78 is 10.6. The number of carbonyl (C=O) groups is 2. The van der Waals surface area contributed by atoms with Gasteiger partial charge in [0.2, 0.25) is 0 Å². The van der Waals surface area contributed by atoms with Crippen molar-refractivity contribution in [1.29, 1.82) is 0 Å². The molecule has 2 fully saturated rings. The zero-order valence-electron chi connectivity index (χ0n) is 18.2. The fourth-order valence-corrected chi connectivity index (χ4v) is 6.76. The zero-order chi connectivity index (χ0) is 21.6. The normalized spacial score (nSPS) is 25.0. The van der Waals surface area contributed by atoms with Gasteiger partial charge in [0.25, 0.3) is 0 Å². The molecule has 1 saturated carbocycles. The minimum Gasteiger partial charge on any atom is -0.468 e. The summed E-state index contributed by atoms with van der Waals surface area (Å²) in [4.78, 5) is 29.3. The number of ether oxygens (including phenoxy) is 2. The Morgan fingerprint density at radius 3 is 2.13 bits per heavy atom. The van der Waals surface area contributed by atoms with Gasteiger partial charge in [-0.05, 0) is 30.0 Å². The predicted octanol–water partition coefficient (Wildman–Crippen LogP) is 4.55. The van der Waals surface area contributed by atoms with Crippen molar-refractivity contribution in [3.63, 3.8) is 0 Å². The highest BCUT2D eigenvalue weighted by molar-refractivity contribution is 6.03.